The molecule has 1 N–H and O–H groups in total. The Balaban J connectivity index is 0.00000208. The molecule has 0 aliphatic carbocycles. The van der Waals surface area contributed by atoms with Crippen molar-refractivity contribution in [1.29, 1.82) is 0 Å². The number of nitro groups is 1. The lowest BCUT2D eigenvalue weighted by Gasteiger charge is -2.30. The maximum Gasteiger partial charge on any atom is 0.270 e. The van der Waals surface area contributed by atoms with Crippen molar-refractivity contribution in [2.75, 3.05) is 26.7 Å². The Labute approximate surface area is 145 Å². The number of non-ortho nitro benzene ring substituents is 1. The van der Waals surface area contributed by atoms with E-state index >= 15 is 0 Å². The second-order valence-electron chi connectivity index (χ2n) is 5.38. The van der Waals surface area contributed by atoms with Crippen LogP contribution < -0.4 is 5.32 Å². The van der Waals surface area contributed by atoms with E-state index in [2.05, 4.69) is 20.4 Å². The van der Waals surface area contributed by atoms with Crippen LogP contribution in [0.3, 0.4) is 0 Å². The van der Waals surface area contributed by atoms with E-state index in [1.54, 1.807) is 24.3 Å². The molecule has 2 heterocycles. The van der Waals surface area contributed by atoms with Crippen LogP contribution in [0.4, 0.5) is 5.69 Å². The fourth-order valence-electron chi connectivity index (χ4n) is 2.45. The topological polar surface area (TPSA) is 97.3 Å². The molecular weight excluding hydrogens is 334 g/mol. The lowest BCUT2D eigenvalue weighted by molar-refractivity contribution is -0.384. The van der Waals surface area contributed by atoms with Crippen molar-refractivity contribution in [3.63, 3.8) is 0 Å². The molecule has 9 heteroatoms. The molecule has 1 aliphatic heterocycles. The van der Waals surface area contributed by atoms with Gasteiger partial charge in [0.05, 0.1) is 11.0 Å². The summed E-state index contributed by atoms with van der Waals surface area (Å²) in [5.41, 5.74) is 0.753. The number of piperazine rings is 1. The van der Waals surface area contributed by atoms with Crippen molar-refractivity contribution in [3.8, 4) is 0 Å². The molecule has 1 unspecified atom stereocenters. The second-order valence-corrected chi connectivity index (χ2v) is 5.38. The van der Waals surface area contributed by atoms with Gasteiger partial charge in [-0.2, -0.15) is 4.98 Å². The highest BCUT2D eigenvalue weighted by atomic mass is 35.5. The average Bonchev–Trinajstić information content (AvgIpc) is 3.02. The molecule has 128 valence electrons. The van der Waals surface area contributed by atoms with Gasteiger partial charge in [0.15, 0.2) is 5.82 Å². The van der Waals surface area contributed by atoms with Crippen LogP contribution in [-0.4, -0.2) is 46.6 Å². The normalized spacial score (nSPS) is 18.5. The monoisotopic (exact) mass is 351 g/mol. The Morgan fingerprint density at radius 3 is 3.04 bits per heavy atom. The molecule has 0 amide bonds. The molecule has 0 spiro atoms. The Bertz CT molecular complexity index is 733. The summed E-state index contributed by atoms with van der Waals surface area (Å²) in [7, 11) is 2.03. The summed E-state index contributed by atoms with van der Waals surface area (Å²) in [4.78, 5) is 16.9. The zero-order valence-electron chi connectivity index (χ0n) is 13.1. The van der Waals surface area contributed by atoms with Crippen LogP contribution in [-0.2, 0) is 0 Å². The SMILES string of the molecule is CN1CCNCC1c1noc(/C=C/c2cccc([N+](=O)[O-])c2)n1.Cl. The van der Waals surface area contributed by atoms with E-state index in [0.29, 0.717) is 17.3 Å². The molecule has 1 aromatic heterocycles. The largest absolute Gasteiger partial charge is 0.335 e. The summed E-state index contributed by atoms with van der Waals surface area (Å²) in [5.74, 6) is 1.02. The molecule has 0 bridgehead atoms. The quantitative estimate of drug-likeness (QED) is 0.665. The van der Waals surface area contributed by atoms with Crippen LogP contribution in [0.25, 0.3) is 12.2 Å². The highest BCUT2D eigenvalue weighted by molar-refractivity contribution is 5.85. The standard InChI is InChI=1S/C15H17N5O3.ClH/c1-19-8-7-16-10-13(19)15-17-14(23-18-15)6-5-11-3-2-4-12(9-11)20(21)22;/h2-6,9,13,16H,7-8,10H2,1H3;1H/b6-5+;. The van der Waals surface area contributed by atoms with E-state index in [0.717, 1.165) is 19.6 Å². The zero-order chi connectivity index (χ0) is 16.2. The van der Waals surface area contributed by atoms with Gasteiger partial charge in [-0.1, -0.05) is 17.3 Å². The molecule has 24 heavy (non-hydrogen) atoms. The maximum atomic E-state index is 10.8. The molecule has 1 aromatic carbocycles. The van der Waals surface area contributed by atoms with E-state index in [9.17, 15) is 10.1 Å². The minimum Gasteiger partial charge on any atom is -0.335 e. The summed E-state index contributed by atoms with van der Waals surface area (Å²) in [6.45, 7) is 2.66. The predicted molar refractivity (Wildman–Crippen MR) is 91.8 cm³/mol. The van der Waals surface area contributed by atoms with Crippen LogP contribution >= 0.6 is 12.4 Å². The predicted octanol–water partition coefficient (Wildman–Crippen LogP) is 2.15. The fourth-order valence-corrected chi connectivity index (χ4v) is 2.45. The first-order chi connectivity index (χ1) is 11.1. The van der Waals surface area contributed by atoms with E-state index in [4.69, 9.17) is 4.52 Å². The number of nitro benzene ring substituents is 1. The zero-order valence-corrected chi connectivity index (χ0v) is 13.9. The Kier molecular flexibility index (Phi) is 6.02. The molecule has 1 atom stereocenters. The van der Waals surface area contributed by atoms with Crippen LogP contribution in [0.2, 0.25) is 0 Å². The Hall–Kier alpha value is -2.29. The van der Waals surface area contributed by atoms with E-state index in [1.807, 2.05) is 7.05 Å². The first-order valence-corrected chi connectivity index (χ1v) is 7.30. The summed E-state index contributed by atoms with van der Waals surface area (Å²) in [5, 5.41) is 18.1. The molecule has 8 nitrogen and oxygen atoms in total. The summed E-state index contributed by atoms with van der Waals surface area (Å²) < 4.78 is 5.23. The number of benzene rings is 1. The first kappa shape index (κ1) is 18.1. The molecule has 0 radical (unpaired) electrons. The van der Waals surface area contributed by atoms with Gasteiger partial charge >= 0.3 is 0 Å². The lowest BCUT2D eigenvalue weighted by atomic mass is 10.2. The van der Waals surface area contributed by atoms with Crippen molar-refractivity contribution < 1.29 is 9.45 Å². The number of hydrogen-bond donors (Lipinski definition) is 1. The number of aromatic nitrogens is 2. The van der Waals surface area contributed by atoms with Gasteiger partial charge in [0.25, 0.3) is 11.6 Å². The highest BCUT2D eigenvalue weighted by Gasteiger charge is 2.24. The maximum absolute atomic E-state index is 10.8. The van der Waals surface area contributed by atoms with Gasteiger partial charge in [-0.3, -0.25) is 15.0 Å². The van der Waals surface area contributed by atoms with Gasteiger partial charge < -0.3 is 9.84 Å². The van der Waals surface area contributed by atoms with Gasteiger partial charge in [0.1, 0.15) is 0 Å². The number of hydrogen-bond acceptors (Lipinski definition) is 7. The van der Waals surface area contributed by atoms with Crippen LogP contribution in [0.5, 0.6) is 0 Å². The van der Waals surface area contributed by atoms with Crippen LogP contribution in [0.15, 0.2) is 28.8 Å². The number of rotatable bonds is 4. The minimum absolute atomic E-state index is 0. The summed E-state index contributed by atoms with van der Waals surface area (Å²) >= 11 is 0. The van der Waals surface area contributed by atoms with Crippen molar-refractivity contribution in [3.05, 3.63) is 51.7 Å². The summed E-state index contributed by atoms with van der Waals surface area (Å²) in [6, 6.07) is 6.45. The van der Waals surface area contributed by atoms with E-state index in [-0.39, 0.29) is 24.1 Å². The third-order valence-electron chi connectivity index (χ3n) is 3.77. The number of nitrogens with one attached hydrogen (secondary N) is 1. The van der Waals surface area contributed by atoms with Crippen molar-refractivity contribution in [1.82, 2.24) is 20.4 Å². The first-order valence-electron chi connectivity index (χ1n) is 7.30. The van der Waals surface area contributed by atoms with Crippen molar-refractivity contribution >= 4 is 30.2 Å². The Morgan fingerprint density at radius 2 is 2.29 bits per heavy atom. The number of halogens is 1. The van der Waals surface area contributed by atoms with Crippen LogP contribution in [0, 0.1) is 10.1 Å². The average molecular weight is 352 g/mol. The minimum atomic E-state index is -0.423. The molecule has 0 saturated carbocycles. The van der Waals surface area contributed by atoms with Crippen molar-refractivity contribution in [2.24, 2.45) is 0 Å². The van der Waals surface area contributed by atoms with E-state index in [1.165, 1.54) is 12.1 Å². The van der Waals surface area contributed by atoms with Gasteiger partial charge in [-0.05, 0) is 18.7 Å². The number of likely N-dealkylation sites (N-methyl/N-ethyl adjacent to an activating group) is 1. The summed E-state index contributed by atoms with van der Waals surface area (Å²) in [6.07, 6.45) is 3.37. The van der Waals surface area contributed by atoms with Crippen molar-refractivity contribution in [2.45, 2.75) is 6.04 Å². The van der Waals surface area contributed by atoms with Gasteiger partial charge in [0.2, 0.25) is 0 Å². The highest BCUT2D eigenvalue weighted by Crippen LogP contribution is 2.19. The van der Waals surface area contributed by atoms with Gasteiger partial charge in [-0.15, -0.1) is 12.4 Å². The van der Waals surface area contributed by atoms with Crippen LogP contribution in [0.1, 0.15) is 23.3 Å². The molecular formula is C15H18ClN5O3. The fraction of sp³-hybridized carbons (Fsp3) is 0.333. The third kappa shape index (κ3) is 4.16. The number of nitrogens with zero attached hydrogens (tertiary/aromatic N) is 4. The van der Waals surface area contributed by atoms with Gasteiger partial charge in [0, 0.05) is 37.8 Å². The lowest BCUT2D eigenvalue weighted by Crippen LogP contribution is -2.44. The van der Waals surface area contributed by atoms with Gasteiger partial charge in [-0.25, -0.2) is 0 Å². The molecule has 1 fully saturated rings. The Morgan fingerprint density at radius 1 is 1.46 bits per heavy atom. The third-order valence-corrected chi connectivity index (χ3v) is 3.77. The smallest absolute Gasteiger partial charge is 0.270 e. The molecule has 1 aliphatic rings. The molecule has 3 rings (SSSR count). The molecule has 2 aromatic rings. The second kappa shape index (κ2) is 8.00. The molecule has 1 saturated heterocycles. The van der Waals surface area contributed by atoms with E-state index < -0.39 is 4.92 Å².